The number of nitrogens with one attached hydrogen (secondary N) is 1. The minimum absolute atomic E-state index is 0.502. The number of nitrogens with zero attached hydrogens (tertiary/aromatic N) is 2. The van der Waals surface area contributed by atoms with Gasteiger partial charge in [0.15, 0.2) is 0 Å². The molecule has 0 spiro atoms. The van der Waals surface area contributed by atoms with E-state index < -0.39 is 0 Å². The zero-order chi connectivity index (χ0) is 15.1. The first-order chi connectivity index (χ1) is 10.3. The molecule has 0 saturated heterocycles. The number of aromatic nitrogens is 2. The normalized spacial score (nSPS) is 10.2. The predicted octanol–water partition coefficient (Wildman–Crippen LogP) is 2.91. The molecular weight excluding hydrogens is 268 g/mol. The van der Waals surface area contributed by atoms with E-state index in [-0.39, 0.29) is 0 Å². The van der Waals surface area contributed by atoms with Gasteiger partial charge in [0.2, 0.25) is 5.88 Å². The molecule has 0 saturated carbocycles. The molecule has 6 nitrogen and oxygen atoms in total. The van der Waals surface area contributed by atoms with Gasteiger partial charge in [0, 0.05) is 0 Å². The van der Waals surface area contributed by atoms with Crippen molar-refractivity contribution in [3.63, 3.8) is 0 Å². The Kier molecular flexibility index (Phi) is 5.34. The van der Waals surface area contributed by atoms with E-state index in [1.807, 2.05) is 31.2 Å². The summed E-state index contributed by atoms with van der Waals surface area (Å²) in [5.74, 6) is 8.04. The SMILES string of the molecule is CCCOc1ccc(Oc2ncnc(NN)c2CC)cc1. The van der Waals surface area contributed by atoms with Crippen molar-refractivity contribution in [1.29, 1.82) is 0 Å². The number of nitrogens with two attached hydrogens (primary N) is 1. The molecule has 6 heteroatoms. The highest BCUT2D eigenvalue weighted by atomic mass is 16.5. The summed E-state index contributed by atoms with van der Waals surface area (Å²) in [6, 6.07) is 7.45. The summed E-state index contributed by atoms with van der Waals surface area (Å²) < 4.78 is 11.3. The fourth-order valence-corrected chi connectivity index (χ4v) is 1.86. The summed E-state index contributed by atoms with van der Waals surface area (Å²) in [5, 5.41) is 0. The highest BCUT2D eigenvalue weighted by Crippen LogP contribution is 2.28. The molecule has 0 atom stereocenters. The fraction of sp³-hybridized carbons (Fsp3) is 0.333. The highest BCUT2D eigenvalue weighted by Gasteiger charge is 2.11. The Morgan fingerprint density at radius 2 is 1.81 bits per heavy atom. The van der Waals surface area contributed by atoms with Crippen molar-refractivity contribution >= 4 is 5.82 Å². The van der Waals surface area contributed by atoms with Crippen molar-refractivity contribution in [3.05, 3.63) is 36.2 Å². The van der Waals surface area contributed by atoms with Crippen LogP contribution >= 0.6 is 0 Å². The van der Waals surface area contributed by atoms with Crippen molar-refractivity contribution in [2.45, 2.75) is 26.7 Å². The zero-order valence-corrected chi connectivity index (χ0v) is 12.3. The largest absolute Gasteiger partial charge is 0.494 e. The van der Waals surface area contributed by atoms with Gasteiger partial charge >= 0.3 is 0 Å². The summed E-state index contributed by atoms with van der Waals surface area (Å²) in [7, 11) is 0. The van der Waals surface area contributed by atoms with E-state index in [2.05, 4.69) is 22.3 Å². The topological polar surface area (TPSA) is 82.3 Å². The van der Waals surface area contributed by atoms with E-state index in [1.54, 1.807) is 0 Å². The number of benzene rings is 1. The third-order valence-corrected chi connectivity index (χ3v) is 2.91. The van der Waals surface area contributed by atoms with Gasteiger partial charge in [-0.2, -0.15) is 0 Å². The van der Waals surface area contributed by atoms with Crippen LogP contribution in [0.1, 0.15) is 25.8 Å². The number of hydrogen-bond acceptors (Lipinski definition) is 6. The molecule has 1 aromatic carbocycles. The van der Waals surface area contributed by atoms with Crippen molar-refractivity contribution in [2.75, 3.05) is 12.0 Å². The van der Waals surface area contributed by atoms with E-state index in [0.29, 0.717) is 30.5 Å². The van der Waals surface area contributed by atoms with Crippen LogP contribution in [0.15, 0.2) is 30.6 Å². The second-order valence-electron chi connectivity index (χ2n) is 4.43. The standard InChI is InChI=1S/C15H20N4O2/c1-3-9-20-11-5-7-12(8-6-11)21-15-13(4-2)14(19-16)17-10-18-15/h5-8,10H,3-4,9,16H2,1-2H3,(H,17,18,19). The van der Waals surface area contributed by atoms with Gasteiger partial charge in [-0.3, -0.25) is 0 Å². The van der Waals surface area contributed by atoms with Crippen LogP contribution < -0.4 is 20.7 Å². The minimum atomic E-state index is 0.502. The van der Waals surface area contributed by atoms with Gasteiger partial charge in [-0.25, -0.2) is 15.8 Å². The highest BCUT2D eigenvalue weighted by molar-refractivity contribution is 5.49. The first-order valence-electron chi connectivity index (χ1n) is 6.99. The molecule has 2 rings (SSSR count). The smallest absolute Gasteiger partial charge is 0.227 e. The van der Waals surface area contributed by atoms with E-state index in [0.717, 1.165) is 17.7 Å². The molecule has 112 valence electrons. The molecule has 3 N–H and O–H groups in total. The lowest BCUT2D eigenvalue weighted by molar-refractivity contribution is 0.317. The van der Waals surface area contributed by atoms with E-state index in [4.69, 9.17) is 15.3 Å². The Labute approximate surface area is 124 Å². The summed E-state index contributed by atoms with van der Waals surface area (Å²) >= 11 is 0. The second kappa shape index (κ2) is 7.44. The average molecular weight is 288 g/mol. The number of hydrazine groups is 1. The monoisotopic (exact) mass is 288 g/mol. The maximum atomic E-state index is 5.80. The van der Waals surface area contributed by atoms with Crippen LogP contribution in [0.3, 0.4) is 0 Å². The van der Waals surface area contributed by atoms with Gasteiger partial charge < -0.3 is 14.9 Å². The molecule has 0 bridgehead atoms. The lowest BCUT2D eigenvalue weighted by Crippen LogP contribution is -2.12. The molecule has 0 radical (unpaired) electrons. The lowest BCUT2D eigenvalue weighted by Gasteiger charge is -2.12. The first-order valence-corrected chi connectivity index (χ1v) is 6.99. The quantitative estimate of drug-likeness (QED) is 0.602. The summed E-state index contributed by atoms with van der Waals surface area (Å²) in [6.45, 7) is 4.77. The van der Waals surface area contributed by atoms with Gasteiger partial charge in [-0.15, -0.1) is 0 Å². The average Bonchev–Trinajstić information content (AvgIpc) is 2.54. The molecule has 0 aliphatic rings. The summed E-state index contributed by atoms with van der Waals surface area (Å²) in [5.41, 5.74) is 3.39. The lowest BCUT2D eigenvalue weighted by atomic mass is 10.2. The third kappa shape index (κ3) is 3.82. The van der Waals surface area contributed by atoms with Crippen LogP contribution in [-0.2, 0) is 6.42 Å². The van der Waals surface area contributed by atoms with Crippen LogP contribution in [0.5, 0.6) is 17.4 Å². The summed E-state index contributed by atoms with van der Waals surface area (Å²) in [6.07, 6.45) is 3.11. The van der Waals surface area contributed by atoms with Crippen LogP contribution in [0.4, 0.5) is 5.82 Å². The predicted molar refractivity (Wildman–Crippen MR) is 81.5 cm³/mol. The zero-order valence-electron chi connectivity index (χ0n) is 12.3. The molecule has 0 aliphatic carbocycles. The third-order valence-electron chi connectivity index (χ3n) is 2.91. The van der Waals surface area contributed by atoms with Crippen molar-refractivity contribution in [1.82, 2.24) is 9.97 Å². The molecule has 0 aliphatic heterocycles. The number of rotatable bonds is 7. The van der Waals surface area contributed by atoms with E-state index >= 15 is 0 Å². The Hall–Kier alpha value is -2.34. The van der Waals surface area contributed by atoms with Gasteiger partial charge in [0.25, 0.3) is 0 Å². The van der Waals surface area contributed by atoms with Crippen LogP contribution in [0.25, 0.3) is 0 Å². The number of anilines is 1. The first kappa shape index (κ1) is 15.1. The molecule has 1 aromatic heterocycles. The molecule has 2 aromatic rings. The Balaban J connectivity index is 2.14. The molecule has 0 amide bonds. The molecule has 21 heavy (non-hydrogen) atoms. The van der Waals surface area contributed by atoms with Crippen LogP contribution in [0.2, 0.25) is 0 Å². The number of hydrogen-bond donors (Lipinski definition) is 2. The molecule has 0 fully saturated rings. The number of ether oxygens (including phenoxy) is 2. The Morgan fingerprint density at radius 3 is 2.43 bits per heavy atom. The molecule has 1 heterocycles. The number of nitrogen functional groups attached to an aromatic ring is 1. The maximum absolute atomic E-state index is 5.80. The Bertz CT molecular complexity index is 572. The summed E-state index contributed by atoms with van der Waals surface area (Å²) in [4.78, 5) is 8.24. The van der Waals surface area contributed by atoms with Gasteiger partial charge in [-0.1, -0.05) is 13.8 Å². The van der Waals surface area contributed by atoms with Crippen molar-refractivity contribution in [3.8, 4) is 17.4 Å². The van der Waals surface area contributed by atoms with E-state index in [1.165, 1.54) is 6.33 Å². The molecular formula is C15H20N4O2. The van der Waals surface area contributed by atoms with Crippen LogP contribution in [-0.4, -0.2) is 16.6 Å². The minimum Gasteiger partial charge on any atom is -0.494 e. The van der Waals surface area contributed by atoms with Crippen LogP contribution in [0, 0.1) is 0 Å². The Morgan fingerprint density at radius 1 is 1.10 bits per heavy atom. The fourth-order valence-electron chi connectivity index (χ4n) is 1.86. The van der Waals surface area contributed by atoms with Gasteiger partial charge in [-0.05, 0) is 37.1 Å². The second-order valence-corrected chi connectivity index (χ2v) is 4.43. The van der Waals surface area contributed by atoms with Crippen molar-refractivity contribution < 1.29 is 9.47 Å². The molecule has 0 unspecified atom stereocenters. The van der Waals surface area contributed by atoms with Gasteiger partial charge in [0.1, 0.15) is 23.6 Å². The maximum Gasteiger partial charge on any atom is 0.227 e. The van der Waals surface area contributed by atoms with E-state index in [9.17, 15) is 0 Å². The van der Waals surface area contributed by atoms with Gasteiger partial charge in [0.05, 0.1) is 12.2 Å². The van der Waals surface area contributed by atoms with Crippen molar-refractivity contribution in [2.24, 2.45) is 5.84 Å².